The van der Waals surface area contributed by atoms with Gasteiger partial charge in [0.05, 0.1) is 0 Å². The van der Waals surface area contributed by atoms with Crippen LogP contribution in [-0.4, -0.2) is 56.4 Å². The van der Waals surface area contributed by atoms with Gasteiger partial charge in [-0.15, -0.1) is 0 Å². The van der Waals surface area contributed by atoms with Crippen LogP contribution in [0.25, 0.3) is 0 Å². The molecule has 6 atom stereocenters. The summed E-state index contributed by atoms with van der Waals surface area (Å²) in [6.07, 6.45) is 8.43. The minimum atomic E-state index is -0.132. The smallest absolute Gasteiger partial charge is 0.302 e. The van der Waals surface area contributed by atoms with Gasteiger partial charge in [-0.3, -0.25) is 9.69 Å². The summed E-state index contributed by atoms with van der Waals surface area (Å²) >= 11 is 0. The first-order chi connectivity index (χ1) is 15.1. The number of para-hydroxylation sites is 1. The highest BCUT2D eigenvalue weighted by Gasteiger charge is 2.68. The van der Waals surface area contributed by atoms with Crippen molar-refractivity contribution >= 4 is 11.7 Å². The zero-order chi connectivity index (χ0) is 22.2. The van der Waals surface area contributed by atoms with E-state index in [9.17, 15) is 4.79 Å². The highest BCUT2D eigenvalue weighted by atomic mass is 16.5. The average molecular weight is 427 g/mol. The molecule has 1 aromatic carbocycles. The van der Waals surface area contributed by atoms with Crippen molar-refractivity contribution in [2.75, 3.05) is 32.6 Å². The summed E-state index contributed by atoms with van der Waals surface area (Å²) in [6, 6.07) is 9.74. The molecule has 3 heterocycles. The summed E-state index contributed by atoms with van der Waals surface area (Å²) < 4.78 is 10.3. The van der Waals surface area contributed by atoms with Crippen LogP contribution in [0.15, 0.2) is 36.4 Å². The van der Waals surface area contributed by atoms with E-state index >= 15 is 0 Å². The fourth-order valence-corrected chi connectivity index (χ4v) is 6.85. The molecule has 1 N–H and O–H groups in total. The van der Waals surface area contributed by atoms with Crippen LogP contribution in [0.5, 0.6) is 0 Å². The first kappa shape index (κ1) is 22.3. The normalized spacial score (nSPS) is 36.5. The van der Waals surface area contributed by atoms with Gasteiger partial charge in [-0.1, -0.05) is 44.2 Å². The van der Waals surface area contributed by atoms with Crippen LogP contribution in [0.4, 0.5) is 5.69 Å². The van der Waals surface area contributed by atoms with E-state index in [1.165, 1.54) is 30.5 Å². The maximum atomic E-state index is 12.0. The van der Waals surface area contributed by atoms with E-state index in [0.717, 1.165) is 13.1 Å². The molecule has 1 saturated heterocycles. The molecule has 170 valence electrons. The summed E-state index contributed by atoms with van der Waals surface area (Å²) in [6.45, 7) is 7.74. The molecule has 0 bridgehead atoms. The van der Waals surface area contributed by atoms with Crippen LogP contribution in [0.3, 0.4) is 0 Å². The Balaban J connectivity index is 0.000000429. The number of fused-ring (bicyclic) bond motifs is 1. The van der Waals surface area contributed by atoms with E-state index in [-0.39, 0.29) is 17.5 Å². The number of rotatable bonds is 2. The number of carbonyl (C=O) groups excluding carboxylic acids is 1. The minimum absolute atomic E-state index is 0.00193. The number of nitrogens with zero attached hydrogens (tertiary/aromatic N) is 1. The van der Waals surface area contributed by atoms with Gasteiger partial charge in [-0.05, 0) is 43.4 Å². The number of hydrogen-bond acceptors (Lipinski definition) is 5. The monoisotopic (exact) mass is 426 g/mol. The lowest BCUT2D eigenvalue weighted by Crippen LogP contribution is -2.66. The fraction of sp³-hybridized carbons (Fsp3) is 0.654. The molecule has 31 heavy (non-hydrogen) atoms. The van der Waals surface area contributed by atoms with Crippen LogP contribution in [0, 0.1) is 17.8 Å². The third-order valence-corrected chi connectivity index (χ3v) is 7.70. The molecule has 0 aromatic heterocycles. The van der Waals surface area contributed by atoms with Crippen molar-refractivity contribution in [2.45, 2.75) is 63.6 Å². The maximum Gasteiger partial charge on any atom is 0.302 e. The van der Waals surface area contributed by atoms with Crippen molar-refractivity contribution in [3.63, 3.8) is 0 Å². The molecule has 1 aromatic rings. The van der Waals surface area contributed by atoms with Crippen molar-refractivity contribution < 1.29 is 14.3 Å². The number of hydrogen-bond donors (Lipinski definition) is 1. The Hall–Kier alpha value is -1.85. The molecule has 2 aliphatic carbocycles. The lowest BCUT2D eigenvalue weighted by Gasteiger charge is -2.55. The second-order valence-corrected chi connectivity index (χ2v) is 9.30. The number of benzene rings is 1. The Labute approximate surface area is 187 Å². The third kappa shape index (κ3) is 3.50. The van der Waals surface area contributed by atoms with E-state index in [2.05, 4.69) is 51.4 Å². The molecular formula is C26H38N2O3. The van der Waals surface area contributed by atoms with Gasteiger partial charge in [-0.25, -0.2) is 0 Å². The van der Waals surface area contributed by atoms with Gasteiger partial charge in [0.1, 0.15) is 6.10 Å². The third-order valence-electron chi connectivity index (χ3n) is 7.70. The summed E-state index contributed by atoms with van der Waals surface area (Å²) in [4.78, 5) is 14.6. The van der Waals surface area contributed by atoms with Crippen LogP contribution in [-0.2, 0) is 19.7 Å². The molecule has 6 rings (SSSR count). The Kier molecular flexibility index (Phi) is 6.45. The van der Waals surface area contributed by atoms with Crippen LogP contribution >= 0.6 is 0 Å². The molecule has 3 fully saturated rings. The molecular weight excluding hydrogens is 388 g/mol. The minimum Gasteiger partial charge on any atom is -0.461 e. The summed E-state index contributed by atoms with van der Waals surface area (Å²) in [5, 5.41) is 3.92. The van der Waals surface area contributed by atoms with E-state index < -0.39 is 0 Å². The van der Waals surface area contributed by atoms with Crippen LogP contribution < -0.4 is 5.32 Å². The van der Waals surface area contributed by atoms with E-state index in [4.69, 9.17) is 4.74 Å². The van der Waals surface area contributed by atoms with Gasteiger partial charge in [0.2, 0.25) is 0 Å². The first-order valence-corrected chi connectivity index (χ1v) is 12.0. The molecule has 5 aliphatic rings. The number of carbonyl (C=O) groups is 1. The van der Waals surface area contributed by atoms with Crippen LogP contribution in [0.2, 0.25) is 0 Å². The van der Waals surface area contributed by atoms with Crippen molar-refractivity contribution in [3.8, 4) is 0 Å². The second kappa shape index (κ2) is 8.95. The molecule has 3 aliphatic heterocycles. The molecule has 1 spiro atoms. The summed E-state index contributed by atoms with van der Waals surface area (Å²) in [5.41, 5.74) is 2.97. The number of esters is 1. The highest BCUT2D eigenvalue weighted by Crippen LogP contribution is 2.63. The standard InChI is InChI=1S/C22H26N2O2.C2H6O.C2H6/c1-13(25)26-19-15-5-4-11-24-12-10-22(21(15)24)16-6-2-3-7-17(16)23-20(22)18(19)14-8-9-14;1-3-2;1-2/h2-7,14-15,18-21,23H,8-12H2,1H3;1-2H3;1-2H3. The van der Waals surface area contributed by atoms with E-state index in [0.29, 0.717) is 29.8 Å². The topological polar surface area (TPSA) is 50.8 Å². The number of methoxy groups -OCH3 is 1. The lowest BCUT2D eigenvalue weighted by molar-refractivity contribution is -0.159. The Morgan fingerprint density at radius 1 is 1.19 bits per heavy atom. The first-order valence-electron chi connectivity index (χ1n) is 12.0. The maximum absolute atomic E-state index is 12.0. The molecule has 0 radical (unpaired) electrons. The van der Waals surface area contributed by atoms with Crippen molar-refractivity contribution in [3.05, 3.63) is 42.0 Å². The fourth-order valence-electron chi connectivity index (χ4n) is 6.85. The lowest BCUT2D eigenvalue weighted by atomic mass is 9.55. The van der Waals surface area contributed by atoms with Crippen molar-refractivity contribution in [1.82, 2.24) is 4.90 Å². The van der Waals surface area contributed by atoms with Crippen molar-refractivity contribution in [1.29, 1.82) is 0 Å². The zero-order valence-electron chi connectivity index (χ0n) is 19.6. The van der Waals surface area contributed by atoms with Gasteiger partial charge < -0.3 is 14.8 Å². The van der Waals surface area contributed by atoms with Gasteiger partial charge in [-0.2, -0.15) is 0 Å². The zero-order valence-corrected chi connectivity index (χ0v) is 19.6. The van der Waals surface area contributed by atoms with Crippen LogP contribution in [0.1, 0.15) is 45.6 Å². The molecule has 2 saturated carbocycles. The van der Waals surface area contributed by atoms with Gasteiger partial charge in [0.25, 0.3) is 0 Å². The van der Waals surface area contributed by atoms with Gasteiger partial charge in [0.15, 0.2) is 0 Å². The number of nitrogens with one attached hydrogen (secondary N) is 1. The second-order valence-electron chi connectivity index (χ2n) is 9.30. The number of anilines is 1. The molecule has 5 heteroatoms. The van der Waals surface area contributed by atoms with E-state index in [1.54, 1.807) is 21.1 Å². The Morgan fingerprint density at radius 3 is 2.58 bits per heavy atom. The molecule has 0 amide bonds. The SMILES string of the molecule is CC.CC(=O)OC1C2C=CCN3CCC4(c5ccccc5NC4C1C1CC1)C23.COC. The van der Waals surface area contributed by atoms with Gasteiger partial charge >= 0.3 is 5.97 Å². The average Bonchev–Trinajstić information content (AvgIpc) is 3.45. The summed E-state index contributed by atoms with van der Waals surface area (Å²) in [7, 11) is 3.25. The quantitative estimate of drug-likeness (QED) is 0.566. The predicted octanol–water partition coefficient (Wildman–Crippen LogP) is 4.24. The Bertz CT molecular complexity index is 821. The largest absolute Gasteiger partial charge is 0.461 e. The van der Waals surface area contributed by atoms with Gasteiger partial charge in [0, 0.05) is 62.7 Å². The van der Waals surface area contributed by atoms with Crippen molar-refractivity contribution in [2.24, 2.45) is 17.8 Å². The van der Waals surface area contributed by atoms with E-state index in [1.807, 2.05) is 13.8 Å². The highest BCUT2D eigenvalue weighted by molar-refractivity contribution is 5.68. The molecule has 6 unspecified atom stereocenters. The Morgan fingerprint density at radius 2 is 1.90 bits per heavy atom. The molecule has 5 nitrogen and oxygen atoms in total. The summed E-state index contributed by atoms with van der Waals surface area (Å²) in [5.74, 6) is 1.28. The number of ether oxygens (including phenoxy) is 2. The predicted molar refractivity (Wildman–Crippen MR) is 124 cm³/mol.